The number of thiophene rings is 1. The normalized spacial score (nSPS) is 20.0. The van der Waals surface area contributed by atoms with E-state index in [9.17, 15) is 9.59 Å². The predicted octanol–water partition coefficient (Wildman–Crippen LogP) is 2.82. The molecular weight excluding hydrogens is 396 g/mol. The fourth-order valence-corrected chi connectivity index (χ4v) is 4.94. The Hall–Kier alpha value is -2.69. The average Bonchev–Trinajstić information content (AvgIpc) is 3.34. The standard InChI is InChI=1S/C23H26N4O2S/c24-15-18-5-7-19(8-6-18)16-25-10-12-26(13-11-25)22(28)20-3-1-9-27(17-20)23(29)21-4-2-14-30-21/h2,4-8,14,20H,1,3,9-13,16-17H2/t20-/m0/s1. The van der Waals surface area contributed by atoms with Gasteiger partial charge in [0.2, 0.25) is 5.91 Å². The van der Waals surface area contributed by atoms with Crippen LogP contribution in [0.25, 0.3) is 0 Å². The number of hydrogen-bond acceptors (Lipinski definition) is 5. The van der Waals surface area contributed by atoms with Gasteiger partial charge in [0, 0.05) is 45.8 Å². The van der Waals surface area contributed by atoms with E-state index in [1.165, 1.54) is 16.9 Å². The smallest absolute Gasteiger partial charge is 0.263 e. The third-order valence-corrected chi connectivity index (χ3v) is 6.82. The van der Waals surface area contributed by atoms with Crippen LogP contribution >= 0.6 is 11.3 Å². The lowest BCUT2D eigenvalue weighted by molar-refractivity contribution is -0.138. The van der Waals surface area contributed by atoms with Gasteiger partial charge in [-0.2, -0.15) is 5.26 Å². The van der Waals surface area contributed by atoms with Gasteiger partial charge in [0.1, 0.15) is 0 Å². The maximum absolute atomic E-state index is 13.1. The maximum atomic E-state index is 13.1. The third-order valence-electron chi connectivity index (χ3n) is 5.96. The summed E-state index contributed by atoms with van der Waals surface area (Å²) < 4.78 is 0. The molecule has 0 aliphatic carbocycles. The molecule has 2 amide bonds. The zero-order chi connectivity index (χ0) is 20.9. The number of amides is 2. The molecule has 2 aromatic rings. The summed E-state index contributed by atoms with van der Waals surface area (Å²) in [4.78, 5) is 32.6. The minimum Gasteiger partial charge on any atom is -0.340 e. The molecule has 0 bridgehead atoms. The second-order valence-corrected chi connectivity index (χ2v) is 8.93. The van der Waals surface area contributed by atoms with Gasteiger partial charge in [-0.3, -0.25) is 14.5 Å². The second-order valence-electron chi connectivity index (χ2n) is 7.98. The van der Waals surface area contributed by atoms with Crippen molar-refractivity contribution in [1.29, 1.82) is 5.26 Å². The molecule has 3 heterocycles. The molecule has 0 N–H and O–H groups in total. The highest BCUT2D eigenvalue weighted by Gasteiger charge is 2.33. The van der Waals surface area contributed by atoms with Crippen LogP contribution in [-0.4, -0.2) is 65.8 Å². The number of hydrogen-bond donors (Lipinski definition) is 0. The molecule has 6 nitrogen and oxygen atoms in total. The van der Waals surface area contributed by atoms with Gasteiger partial charge in [-0.15, -0.1) is 11.3 Å². The number of nitrogens with zero attached hydrogens (tertiary/aromatic N) is 4. The van der Waals surface area contributed by atoms with E-state index in [0.29, 0.717) is 12.1 Å². The first-order chi connectivity index (χ1) is 14.6. The lowest BCUT2D eigenvalue weighted by Gasteiger charge is -2.39. The van der Waals surface area contributed by atoms with Crippen LogP contribution in [0.2, 0.25) is 0 Å². The Morgan fingerprint density at radius 3 is 2.47 bits per heavy atom. The van der Waals surface area contributed by atoms with Crippen LogP contribution in [0.4, 0.5) is 0 Å². The molecule has 0 spiro atoms. The molecule has 2 saturated heterocycles. The SMILES string of the molecule is N#Cc1ccc(CN2CCN(C(=O)[C@H]3CCCN(C(=O)c4cccs4)C3)CC2)cc1. The minimum absolute atomic E-state index is 0.0507. The number of benzene rings is 1. The van der Waals surface area contributed by atoms with Crippen LogP contribution in [0.15, 0.2) is 41.8 Å². The van der Waals surface area contributed by atoms with Gasteiger partial charge in [-0.05, 0) is 42.0 Å². The first-order valence-corrected chi connectivity index (χ1v) is 11.3. The fourth-order valence-electron chi connectivity index (χ4n) is 4.25. The van der Waals surface area contributed by atoms with E-state index in [1.807, 2.05) is 51.6 Å². The van der Waals surface area contributed by atoms with Crippen molar-refractivity contribution in [3.05, 3.63) is 57.8 Å². The van der Waals surface area contributed by atoms with Crippen molar-refractivity contribution in [1.82, 2.24) is 14.7 Å². The van der Waals surface area contributed by atoms with Gasteiger partial charge in [0.25, 0.3) is 5.91 Å². The average molecular weight is 423 g/mol. The molecule has 2 aliphatic rings. The van der Waals surface area contributed by atoms with Gasteiger partial charge in [-0.1, -0.05) is 18.2 Å². The Bertz CT molecular complexity index is 912. The van der Waals surface area contributed by atoms with Crippen molar-refractivity contribution in [2.45, 2.75) is 19.4 Å². The molecule has 2 aliphatic heterocycles. The Balaban J connectivity index is 1.28. The van der Waals surface area contributed by atoms with Gasteiger partial charge in [0.15, 0.2) is 0 Å². The molecule has 30 heavy (non-hydrogen) atoms. The topological polar surface area (TPSA) is 67.7 Å². The molecule has 2 fully saturated rings. The molecule has 4 rings (SSSR count). The highest BCUT2D eigenvalue weighted by Crippen LogP contribution is 2.23. The van der Waals surface area contributed by atoms with Crippen molar-refractivity contribution in [2.75, 3.05) is 39.3 Å². The zero-order valence-corrected chi connectivity index (χ0v) is 17.8. The second kappa shape index (κ2) is 9.41. The van der Waals surface area contributed by atoms with E-state index in [0.717, 1.165) is 57.0 Å². The molecule has 0 unspecified atom stereocenters. The minimum atomic E-state index is -0.0901. The number of carbonyl (C=O) groups excluding carboxylic acids is 2. The molecule has 0 radical (unpaired) electrons. The van der Waals surface area contributed by atoms with Crippen molar-refractivity contribution < 1.29 is 9.59 Å². The van der Waals surface area contributed by atoms with Gasteiger partial charge < -0.3 is 9.80 Å². The van der Waals surface area contributed by atoms with E-state index in [4.69, 9.17) is 5.26 Å². The largest absolute Gasteiger partial charge is 0.340 e. The number of rotatable bonds is 4. The van der Waals surface area contributed by atoms with Crippen LogP contribution < -0.4 is 0 Å². The summed E-state index contributed by atoms with van der Waals surface area (Å²) in [6.07, 6.45) is 1.74. The van der Waals surface area contributed by atoms with Crippen molar-refractivity contribution >= 4 is 23.2 Å². The predicted molar refractivity (Wildman–Crippen MR) is 116 cm³/mol. The summed E-state index contributed by atoms with van der Waals surface area (Å²) >= 11 is 1.46. The van der Waals surface area contributed by atoms with Crippen LogP contribution in [0, 0.1) is 17.2 Å². The Morgan fingerprint density at radius 2 is 1.80 bits per heavy atom. The Kier molecular flexibility index (Phi) is 6.46. The van der Waals surface area contributed by atoms with Crippen LogP contribution in [0.3, 0.4) is 0 Å². The quantitative estimate of drug-likeness (QED) is 0.760. The highest BCUT2D eigenvalue weighted by atomic mass is 32.1. The molecular formula is C23H26N4O2S. The fraction of sp³-hybridized carbons (Fsp3) is 0.435. The molecule has 1 aromatic heterocycles. The summed E-state index contributed by atoms with van der Waals surface area (Å²) in [6, 6.07) is 13.6. The Morgan fingerprint density at radius 1 is 1.03 bits per heavy atom. The van der Waals surface area contributed by atoms with Crippen LogP contribution in [0.5, 0.6) is 0 Å². The van der Waals surface area contributed by atoms with Gasteiger partial charge >= 0.3 is 0 Å². The molecule has 1 aromatic carbocycles. The summed E-state index contributed by atoms with van der Waals surface area (Å²) in [5, 5.41) is 10.8. The zero-order valence-electron chi connectivity index (χ0n) is 17.0. The maximum Gasteiger partial charge on any atom is 0.263 e. The summed E-state index contributed by atoms with van der Waals surface area (Å²) in [5.74, 6) is 0.152. The van der Waals surface area contributed by atoms with E-state index < -0.39 is 0 Å². The van der Waals surface area contributed by atoms with Crippen molar-refractivity contribution in [3.8, 4) is 6.07 Å². The monoisotopic (exact) mass is 422 g/mol. The number of likely N-dealkylation sites (tertiary alicyclic amines) is 1. The molecule has 7 heteroatoms. The number of piperazine rings is 1. The van der Waals surface area contributed by atoms with Gasteiger partial charge in [-0.25, -0.2) is 0 Å². The first-order valence-electron chi connectivity index (χ1n) is 10.5. The molecule has 1 atom stereocenters. The summed E-state index contributed by atoms with van der Waals surface area (Å²) in [6.45, 7) is 5.24. The third kappa shape index (κ3) is 4.72. The van der Waals surface area contributed by atoms with Crippen molar-refractivity contribution in [2.24, 2.45) is 5.92 Å². The number of nitriles is 1. The first kappa shape index (κ1) is 20.6. The Labute approximate surface area is 181 Å². The molecule has 0 saturated carbocycles. The van der Waals surface area contributed by atoms with Crippen LogP contribution in [-0.2, 0) is 11.3 Å². The summed E-state index contributed by atoms with van der Waals surface area (Å²) in [5.41, 5.74) is 1.86. The summed E-state index contributed by atoms with van der Waals surface area (Å²) in [7, 11) is 0. The van der Waals surface area contributed by atoms with E-state index in [1.54, 1.807) is 0 Å². The lowest BCUT2D eigenvalue weighted by Crippen LogP contribution is -2.52. The van der Waals surface area contributed by atoms with Gasteiger partial charge in [0.05, 0.1) is 22.4 Å². The number of piperidine rings is 1. The number of carbonyl (C=O) groups is 2. The van der Waals surface area contributed by atoms with E-state index in [-0.39, 0.29) is 17.7 Å². The van der Waals surface area contributed by atoms with Crippen molar-refractivity contribution in [3.63, 3.8) is 0 Å². The van der Waals surface area contributed by atoms with E-state index >= 15 is 0 Å². The molecule has 156 valence electrons. The highest BCUT2D eigenvalue weighted by molar-refractivity contribution is 7.12. The van der Waals surface area contributed by atoms with E-state index in [2.05, 4.69) is 11.0 Å². The van der Waals surface area contributed by atoms with Crippen LogP contribution in [0.1, 0.15) is 33.6 Å². The lowest BCUT2D eigenvalue weighted by atomic mass is 9.96.